The third-order valence-corrected chi connectivity index (χ3v) is 9.92. The van der Waals surface area contributed by atoms with E-state index < -0.39 is 17.9 Å². The van der Waals surface area contributed by atoms with Crippen molar-refractivity contribution in [3.05, 3.63) is 88.4 Å². The quantitative estimate of drug-likeness (QED) is 0.123. The van der Waals surface area contributed by atoms with Crippen LogP contribution in [0.15, 0.2) is 73.1 Å². The number of ether oxygens (including phenoxy) is 1. The van der Waals surface area contributed by atoms with Crippen LogP contribution in [0.3, 0.4) is 0 Å². The Balaban J connectivity index is 1.22. The molecule has 1 aliphatic rings. The maximum absolute atomic E-state index is 13.6. The average molecular weight is 669 g/mol. The van der Waals surface area contributed by atoms with Crippen LogP contribution in [0.25, 0.3) is 22.5 Å². The van der Waals surface area contributed by atoms with Crippen molar-refractivity contribution in [3.8, 4) is 28.3 Å². The fourth-order valence-electron chi connectivity index (χ4n) is 5.79. The van der Waals surface area contributed by atoms with Gasteiger partial charge >= 0.3 is 5.97 Å². The Morgan fingerprint density at radius 2 is 1.62 bits per heavy atom. The fraction of sp³-hybridized carbons (Fsp3) is 0.395. The number of aryl methyl sites for hydroxylation is 1. The molecule has 1 aliphatic heterocycles. The zero-order chi connectivity index (χ0) is 33.9. The third-order valence-electron chi connectivity index (χ3n) is 8.69. The van der Waals surface area contributed by atoms with Gasteiger partial charge in [0.05, 0.1) is 17.4 Å². The van der Waals surface area contributed by atoms with Gasteiger partial charge in [0.15, 0.2) is 5.82 Å². The zero-order valence-electron chi connectivity index (χ0n) is 27.7. The third kappa shape index (κ3) is 9.28. The number of carboxylic acid groups (broad SMARTS) is 1. The van der Waals surface area contributed by atoms with Gasteiger partial charge in [0.2, 0.25) is 5.91 Å². The zero-order valence-corrected chi connectivity index (χ0v) is 28.5. The van der Waals surface area contributed by atoms with Gasteiger partial charge in [-0.2, -0.15) is 0 Å². The van der Waals surface area contributed by atoms with Crippen LogP contribution in [0, 0.1) is 5.92 Å². The van der Waals surface area contributed by atoms with Crippen molar-refractivity contribution in [3.63, 3.8) is 0 Å². The molecule has 9 nitrogen and oxygen atoms in total. The van der Waals surface area contributed by atoms with Crippen LogP contribution in [0.2, 0.25) is 0 Å². The largest absolute Gasteiger partial charge is 0.494 e. The lowest BCUT2D eigenvalue weighted by atomic mass is 10.0. The Bertz CT molecular complexity index is 1650. The van der Waals surface area contributed by atoms with E-state index in [0.717, 1.165) is 52.3 Å². The molecule has 2 atom stereocenters. The number of thiophene rings is 1. The Hall–Kier alpha value is -4.57. The molecule has 2 amide bonds. The molecule has 2 aromatic heterocycles. The van der Waals surface area contributed by atoms with E-state index in [9.17, 15) is 19.5 Å². The Morgan fingerprint density at radius 3 is 2.27 bits per heavy atom. The predicted molar refractivity (Wildman–Crippen MR) is 188 cm³/mol. The topological polar surface area (TPSA) is 122 Å². The van der Waals surface area contributed by atoms with E-state index in [1.54, 1.807) is 23.4 Å². The molecule has 2 N–H and O–H groups in total. The first-order valence-corrected chi connectivity index (χ1v) is 17.7. The monoisotopic (exact) mass is 668 g/mol. The highest BCUT2D eigenvalue weighted by Crippen LogP contribution is 2.25. The molecule has 0 radical (unpaired) electrons. The number of unbranched alkanes of at least 4 members (excludes halogenated alkanes) is 4. The molecular formula is C38H44N4O5S. The molecule has 252 valence electrons. The summed E-state index contributed by atoms with van der Waals surface area (Å²) in [5.41, 5.74) is 3.59. The number of rotatable bonds is 16. The molecule has 0 unspecified atom stereocenters. The smallest absolute Gasteiger partial charge is 0.308 e. The van der Waals surface area contributed by atoms with Crippen molar-refractivity contribution in [2.75, 3.05) is 19.7 Å². The lowest BCUT2D eigenvalue weighted by molar-refractivity contribution is -0.141. The summed E-state index contributed by atoms with van der Waals surface area (Å²) >= 11 is 1.41. The summed E-state index contributed by atoms with van der Waals surface area (Å²) < 4.78 is 5.89. The number of aromatic nitrogens is 2. The molecule has 3 heterocycles. The second kappa shape index (κ2) is 17.0. The molecular weight excluding hydrogens is 625 g/mol. The first-order valence-electron chi connectivity index (χ1n) is 16.9. The number of hydrogen-bond donors (Lipinski definition) is 2. The number of nitrogens with one attached hydrogen (secondary N) is 1. The minimum Gasteiger partial charge on any atom is -0.494 e. The van der Waals surface area contributed by atoms with Crippen LogP contribution in [0.1, 0.15) is 72.5 Å². The lowest BCUT2D eigenvalue weighted by Crippen LogP contribution is -2.49. The molecule has 0 saturated carbocycles. The number of carbonyl (C=O) groups excluding carboxylic acids is 2. The van der Waals surface area contributed by atoms with Gasteiger partial charge in [-0.05, 0) is 54.7 Å². The number of amides is 2. The Morgan fingerprint density at radius 1 is 0.917 bits per heavy atom. The summed E-state index contributed by atoms with van der Waals surface area (Å²) in [6.45, 7) is 5.47. The van der Waals surface area contributed by atoms with Crippen molar-refractivity contribution < 1.29 is 24.2 Å². The van der Waals surface area contributed by atoms with E-state index in [4.69, 9.17) is 4.74 Å². The van der Waals surface area contributed by atoms with Gasteiger partial charge in [-0.1, -0.05) is 75.9 Å². The van der Waals surface area contributed by atoms with Crippen molar-refractivity contribution in [1.82, 2.24) is 20.2 Å². The number of aliphatic carboxylic acids is 1. The van der Waals surface area contributed by atoms with Crippen LogP contribution >= 0.6 is 11.3 Å². The Kier molecular flexibility index (Phi) is 12.3. The van der Waals surface area contributed by atoms with E-state index in [1.807, 2.05) is 61.5 Å². The maximum Gasteiger partial charge on any atom is 0.308 e. The highest BCUT2D eigenvalue weighted by atomic mass is 32.1. The molecule has 2 aromatic carbocycles. The van der Waals surface area contributed by atoms with Gasteiger partial charge in [0.1, 0.15) is 11.8 Å². The minimum atomic E-state index is -0.909. The van der Waals surface area contributed by atoms with E-state index in [0.29, 0.717) is 23.7 Å². The normalized spacial score (nSPS) is 14.9. The summed E-state index contributed by atoms with van der Waals surface area (Å²) in [5.74, 6) is -0.647. The summed E-state index contributed by atoms with van der Waals surface area (Å²) in [5, 5.41) is 12.4. The van der Waals surface area contributed by atoms with Crippen molar-refractivity contribution in [1.29, 1.82) is 0 Å². The lowest BCUT2D eigenvalue weighted by Gasteiger charge is -2.24. The van der Waals surface area contributed by atoms with Crippen molar-refractivity contribution in [2.45, 2.75) is 71.3 Å². The minimum absolute atomic E-state index is 0.142. The average Bonchev–Trinajstić information content (AvgIpc) is 3.81. The first kappa shape index (κ1) is 34.8. The van der Waals surface area contributed by atoms with Gasteiger partial charge in [-0.3, -0.25) is 14.4 Å². The van der Waals surface area contributed by atoms with Crippen LogP contribution in [0.5, 0.6) is 5.75 Å². The fourth-order valence-corrected chi connectivity index (χ4v) is 6.64. The van der Waals surface area contributed by atoms with Crippen LogP contribution in [0.4, 0.5) is 0 Å². The molecule has 0 bridgehead atoms. The second-order valence-electron chi connectivity index (χ2n) is 12.2. The number of carbonyl (C=O) groups is 3. The van der Waals surface area contributed by atoms with E-state index in [1.165, 1.54) is 37.0 Å². The summed E-state index contributed by atoms with van der Waals surface area (Å²) in [7, 11) is 0. The van der Waals surface area contributed by atoms with Crippen LogP contribution in [-0.4, -0.2) is 63.5 Å². The molecule has 1 fully saturated rings. The molecule has 10 heteroatoms. The SMILES string of the molecule is CCCCCCCOc1ccc(-c2cnc(-c3ccc(C[C@H](NC(=O)c4ccc(CC)s4)C(=O)N4CC[C@H](C(=O)O)C4)cc3)nc2)cc1. The summed E-state index contributed by atoms with van der Waals surface area (Å²) in [6, 6.07) is 18.5. The highest BCUT2D eigenvalue weighted by Gasteiger charge is 2.35. The van der Waals surface area contributed by atoms with Crippen LogP contribution < -0.4 is 10.1 Å². The molecule has 4 aromatic rings. The number of benzene rings is 2. The standard InChI is InChI=1S/C38H44N4O5S/c1-3-5-6-7-8-21-47-31-15-13-27(14-16-31)30-23-39-35(40-24-30)28-11-9-26(10-12-28)22-33(37(44)42-20-19-29(25-42)38(45)46)41-36(43)34-18-17-32(4-2)48-34/h9-18,23-24,29,33H,3-8,19-22,25H2,1-2H3,(H,41,43)(H,45,46)/t29-,33-/m0/s1. The van der Waals surface area contributed by atoms with E-state index in [-0.39, 0.29) is 24.8 Å². The molecule has 5 rings (SSSR count). The van der Waals surface area contributed by atoms with Crippen LogP contribution in [-0.2, 0) is 22.4 Å². The second-order valence-corrected chi connectivity index (χ2v) is 13.4. The van der Waals surface area contributed by atoms with Gasteiger partial charge in [0.25, 0.3) is 5.91 Å². The first-order chi connectivity index (χ1) is 23.3. The molecule has 0 spiro atoms. The van der Waals surface area contributed by atoms with Gasteiger partial charge in [-0.25, -0.2) is 9.97 Å². The van der Waals surface area contributed by atoms with Crippen molar-refractivity contribution >= 4 is 29.1 Å². The predicted octanol–water partition coefficient (Wildman–Crippen LogP) is 7.06. The number of carboxylic acids is 1. The highest BCUT2D eigenvalue weighted by molar-refractivity contribution is 7.14. The van der Waals surface area contributed by atoms with Gasteiger partial charge in [-0.15, -0.1) is 11.3 Å². The van der Waals surface area contributed by atoms with E-state index in [2.05, 4.69) is 22.2 Å². The number of hydrogen-bond acceptors (Lipinski definition) is 7. The number of nitrogens with zero attached hydrogens (tertiary/aromatic N) is 3. The number of likely N-dealkylation sites (tertiary alicyclic amines) is 1. The van der Waals surface area contributed by atoms with E-state index >= 15 is 0 Å². The summed E-state index contributed by atoms with van der Waals surface area (Å²) in [6.07, 6.45) is 11.1. The maximum atomic E-state index is 13.6. The van der Waals surface area contributed by atoms with Gasteiger partial charge < -0.3 is 20.1 Å². The Labute approximate surface area is 286 Å². The van der Waals surface area contributed by atoms with Gasteiger partial charge in [0, 0.05) is 47.9 Å². The van der Waals surface area contributed by atoms with Crippen molar-refractivity contribution in [2.24, 2.45) is 5.92 Å². The molecule has 48 heavy (non-hydrogen) atoms. The summed E-state index contributed by atoms with van der Waals surface area (Å²) in [4.78, 5) is 50.6. The molecule has 0 aliphatic carbocycles. The molecule has 1 saturated heterocycles.